The largest absolute Gasteiger partial charge is 0.385 e. The number of hydrogen-bond acceptors (Lipinski definition) is 3. The van der Waals surface area contributed by atoms with E-state index in [1.807, 2.05) is 20.0 Å². The Bertz CT molecular complexity index is 255. The summed E-state index contributed by atoms with van der Waals surface area (Å²) in [5.74, 6) is 0. The maximum atomic E-state index is 4.15. The van der Waals surface area contributed by atoms with Crippen molar-refractivity contribution in [2.24, 2.45) is 4.99 Å². The summed E-state index contributed by atoms with van der Waals surface area (Å²) in [6.45, 7) is 1.89. The quantitative estimate of drug-likeness (QED) is 0.651. The summed E-state index contributed by atoms with van der Waals surface area (Å²) in [5, 5.41) is 3.00. The van der Waals surface area contributed by atoms with Gasteiger partial charge in [-0.25, -0.2) is 0 Å². The summed E-state index contributed by atoms with van der Waals surface area (Å²) >= 11 is 0. The maximum Gasteiger partial charge on any atom is 0.0888 e. The summed E-state index contributed by atoms with van der Waals surface area (Å²) in [7, 11) is 1.85. The van der Waals surface area contributed by atoms with Gasteiger partial charge in [0.05, 0.1) is 17.6 Å². The molecule has 0 aliphatic carbocycles. The van der Waals surface area contributed by atoms with E-state index in [9.17, 15) is 0 Å². The van der Waals surface area contributed by atoms with E-state index in [0.29, 0.717) is 0 Å². The van der Waals surface area contributed by atoms with E-state index < -0.39 is 0 Å². The first-order valence-corrected chi connectivity index (χ1v) is 3.49. The number of aliphatic imine (C=N–C) groups is 1. The van der Waals surface area contributed by atoms with E-state index in [2.05, 4.69) is 15.3 Å². The van der Waals surface area contributed by atoms with Gasteiger partial charge in [0.25, 0.3) is 0 Å². The van der Waals surface area contributed by atoms with Crippen molar-refractivity contribution in [3.63, 3.8) is 0 Å². The maximum absolute atomic E-state index is 4.15. The zero-order chi connectivity index (χ0) is 8.10. The fourth-order valence-corrected chi connectivity index (χ4v) is 0.831. The molecular formula is C8H11N3. The number of nitrogens with zero attached hydrogens (tertiary/aromatic N) is 2. The predicted octanol–water partition coefficient (Wildman–Crippen LogP) is 1.85. The van der Waals surface area contributed by atoms with Gasteiger partial charge < -0.3 is 5.32 Å². The molecule has 0 unspecified atom stereocenters. The molecule has 0 fully saturated rings. The minimum Gasteiger partial charge on any atom is -0.385 e. The number of pyridine rings is 1. The van der Waals surface area contributed by atoms with Crippen molar-refractivity contribution in [1.29, 1.82) is 0 Å². The first kappa shape index (κ1) is 7.72. The number of nitrogens with one attached hydrogen (secondary N) is 1. The Morgan fingerprint density at radius 2 is 2.45 bits per heavy atom. The van der Waals surface area contributed by atoms with Crippen LogP contribution in [0, 0.1) is 0 Å². The third-order valence-electron chi connectivity index (χ3n) is 1.34. The van der Waals surface area contributed by atoms with E-state index >= 15 is 0 Å². The van der Waals surface area contributed by atoms with E-state index in [-0.39, 0.29) is 0 Å². The average Bonchev–Trinajstić information content (AvgIpc) is 2.06. The van der Waals surface area contributed by atoms with Gasteiger partial charge in [0, 0.05) is 19.5 Å². The number of aromatic nitrogens is 1. The summed E-state index contributed by atoms with van der Waals surface area (Å²) in [6.07, 6.45) is 5.24. The highest BCUT2D eigenvalue weighted by atomic mass is 14.9. The van der Waals surface area contributed by atoms with Gasteiger partial charge in [0.1, 0.15) is 0 Å². The fourth-order valence-electron chi connectivity index (χ4n) is 0.831. The van der Waals surface area contributed by atoms with Crippen molar-refractivity contribution in [2.45, 2.75) is 6.92 Å². The summed E-state index contributed by atoms with van der Waals surface area (Å²) in [6, 6.07) is 1.87. The Kier molecular flexibility index (Phi) is 2.60. The second-order valence-corrected chi connectivity index (χ2v) is 2.03. The van der Waals surface area contributed by atoms with Gasteiger partial charge >= 0.3 is 0 Å². The van der Waals surface area contributed by atoms with Gasteiger partial charge in [0.2, 0.25) is 0 Å². The van der Waals surface area contributed by atoms with Crippen LogP contribution in [0.15, 0.2) is 23.5 Å². The first-order valence-electron chi connectivity index (χ1n) is 3.49. The monoisotopic (exact) mass is 149 g/mol. The molecule has 0 atom stereocenters. The normalized spacial score (nSPS) is 10.4. The van der Waals surface area contributed by atoms with Gasteiger partial charge in [-0.15, -0.1) is 0 Å². The highest BCUT2D eigenvalue weighted by Crippen LogP contribution is 2.21. The number of anilines is 1. The Morgan fingerprint density at radius 3 is 3.09 bits per heavy atom. The topological polar surface area (TPSA) is 37.3 Å². The zero-order valence-corrected chi connectivity index (χ0v) is 6.70. The van der Waals surface area contributed by atoms with Crippen LogP contribution in [0.4, 0.5) is 11.4 Å². The van der Waals surface area contributed by atoms with E-state index in [0.717, 1.165) is 11.4 Å². The van der Waals surface area contributed by atoms with Crippen LogP contribution < -0.4 is 5.32 Å². The molecule has 58 valence electrons. The predicted molar refractivity (Wildman–Crippen MR) is 47.6 cm³/mol. The third-order valence-corrected chi connectivity index (χ3v) is 1.34. The van der Waals surface area contributed by atoms with Crippen LogP contribution in [0.5, 0.6) is 0 Å². The third kappa shape index (κ3) is 1.77. The van der Waals surface area contributed by atoms with Crippen molar-refractivity contribution in [2.75, 3.05) is 12.4 Å². The molecule has 1 heterocycles. The van der Waals surface area contributed by atoms with Gasteiger partial charge in [0.15, 0.2) is 0 Å². The molecule has 0 aliphatic rings. The second kappa shape index (κ2) is 3.71. The molecule has 0 saturated heterocycles. The van der Waals surface area contributed by atoms with Crippen molar-refractivity contribution in [1.82, 2.24) is 4.98 Å². The number of hydrogen-bond donors (Lipinski definition) is 1. The minimum atomic E-state index is 0.921. The van der Waals surface area contributed by atoms with Crippen molar-refractivity contribution in [3.8, 4) is 0 Å². The minimum absolute atomic E-state index is 0.921. The molecule has 11 heavy (non-hydrogen) atoms. The van der Waals surface area contributed by atoms with E-state index in [1.54, 1.807) is 18.6 Å². The lowest BCUT2D eigenvalue weighted by molar-refractivity contribution is 1.30. The first-order chi connectivity index (χ1) is 5.38. The number of rotatable bonds is 2. The van der Waals surface area contributed by atoms with Crippen LogP contribution in [0.2, 0.25) is 0 Å². The summed E-state index contributed by atoms with van der Waals surface area (Å²) < 4.78 is 0. The molecule has 0 bridgehead atoms. The molecule has 1 N–H and O–H groups in total. The lowest BCUT2D eigenvalue weighted by Gasteiger charge is -2.01. The van der Waals surface area contributed by atoms with Crippen molar-refractivity contribution in [3.05, 3.63) is 18.5 Å². The summed E-state index contributed by atoms with van der Waals surface area (Å²) in [5.41, 5.74) is 1.87. The Morgan fingerprint density at radius 1 is 1.64 bits per heavy atom. The molecule has 0 aromatic carbocycles. The van der Waals surface area contributed by atoms with Crippen molar-refractivity contribution < 1.29 is 0 Å². The Labute approximate surface area is 66.2 Å². The molecule has 0 saturated carbocycles. The van der Waals surface area contributed by atoms with Crippen LogP contribution in [-0.2, 0) is 0 Å². The zero-order valence-electron chi connectivity index (χ0n) is 6.70. The second-order valence-electron chi connectivity index (χ2n) is 2.03. The molecule has 0 spiro atoms. The Hall–Kier alpha value is -1.38. The molecule has 1 aromatic heterocycles. The van der Waals surface area contributed by atoms with Crippen LogP contribution in [0.1, 0.15) is 6.92 Å². The van der Waals surface area contributed by atoms with E-state index in [4.69, 9.17) is 0 Å². The van der Waals surface area contributed by atoms with Gasteiger partial charge in [-0.2, -0.15) is 0 Å². The van der Waals surface area contributed by atoms with Crippen LogP contribution in [0.25, 0.3) is 0 Å². The smallest absolute Gasteiger partial charge is 0.0888 e. The fraction of sp³-hybridized carbons (Fsp3) is 0.250. The Balaban J connectivity index is 3.02. The van der Waals surface area contributed by atoms with Gasteiger partial charge in [-0.1, -0.05) is 0 Å². The molecular weight excluding hydrogens is 138 g/mol. The molecule has 1 rings (SSSR count). The molecule has 0 radical (unpaired) electrons. The van der Waals surface area contributed by atoms with E-state index in [1.165, 1.54) is 0 Å². The highest BCUT2D eigenvalue weighted by Gasteiger charge is 1.94. The van der Waals surface area contributed by atoms with Gasteiger partial charge in [-0.3, -0.25) is 9.98 Å². The molecule has 3 nitrogen and oxygen atoms in total. The lowest BCUT2D eigenvalue weighted by Crippen LogP contribution is -1.88. The average molecular weight is 149 g/mol. The standard InChI is InChI=1S/C8H11N3/c1-3-11-7-4-5-10-6-8(7)9-2/h3-6,9H,1-2H3/b11-3-. The SMILES string of the molecule is C/C=N\c1ccncc1NC. The van der Waals surface area contributed by atoms with Gasteiger partial charge in [-0.05, 0) is 13.0 Å². The highest BCUT2D eigenvalue weighted by molar-refractivity contribution is 5.70. The molecule has 0 amide bonds. The lowest BCUT2D eigenvalue weighted by atomic mass is 10.3. The van der Waals surface area contributed by atoms with Crippen LogP contribution in [-0.4, -0.2) is 18.2 Å². The molecule has 0 aliphatic heterocycles. The van der Waals surface area contributed by atoms with Crippen LogP contribution in [0.3, 0.4) is 0 Å². The molecule has 3 heteroatoms. The summed E-state index contributed by atoms with van der Waals surface area (Å²) in [4.78, 5) is 8.11. The van der Waals surface area contributed by atoms with Crippen molar-refractivity contribution >= 4 is 17.6 Å². The molecule has 1 aromatic rings. The van der Waals surface area contributed by atoms with Crippen LogP contribution >= 0.6 is 0 Å².